The minimum atomic E-state index is -0.249. The fourth-order valence-corrected chi connectivity index (χ4v) is 1.92. The number of aliphatic hydroxyl groups is 1. The van der Waals surface area contributed by atoms with Crippen LogP contribution in [-0.4, -0.2) is 26.0 Å². The van der Waals surface area contributed by atoms with E-state index in [4.69, 9.17) is 5.11 Å². The van der Waals surface area contributed by atoms with E-state index in [-0.39, 0.29) is 12.5 Å². The number of rotatable bonds is 3. The van der Waals surface area contributed by atoms with Crippen molar-refractivity contribution < 1.29 is 9.90 Å². The predicted octanol–water partition coefficient (Wildman–Crippen LogP) is 1.70. The van der Waals surface area contributed by atoms with E-state index in [0.717, 1.165) is 11.0 Å². The van der Waals surface area contributed by atoms with Gasteiger partial charge in [-0.05, 0) is 30.3 Å². The molecule has 6 nitrogen and oxygen atoms in total. The number of carbonyl (C=O) groups excluding carboxylic acids is 1. The fraction of sp³-hybridized carbons (Fsp3) is 0.0714. The average molecular weight is 268 g/mol. The van der Waals surface area contributed by atoms with Crippen LogP contribution in [0.4, 0.5) is 5.69 Å². The van der Waals surface area contributed by atoms with Crippen LogP contribution in [0.3, 0.4) is 0 Å². The number of anilines is 1. The maximum atomic E-state index is 12.1. The molecule has 0 aliphatic heterocycles. The van der Waals surface area contributed by atoms with Gasteiger partial charge in [0.2, 0.25) is 0 Å². The molecule has 2 heterocycles. The second-order valence-electron chi connectivity index (χ2n) is 4.28. The van der Waals surface area contributed by atoms with Gasteiger partial charge in [0.15, 0.2) is 0 Å². The largest absolute Gasteiger partial charge is 0.390 e. The summed E-state index contributed by atoms with van der Waals surface area (Å²) >= 11 is 0. The van der Waals surface area contributed by atoms with Crippen LogP contribution >= 0.6 is 0 Å². The average Bonchev–Trinajstić information content (AvgIpc) is 2.95. The Hall–Kier alpha value is -2.73. The Labute approximate surface area is 114 Å². The molecule has 2 aromatic heterocycles. The number of pyridine rings is 1. The number of imidazole rings is 1. The highest BCUT2D eigenvalue weighted by atomic mass is 16.3. The normalized spacial score (nSPS) is 10.7. The van der Waals surface area contributed by atoms with Crippen LogP contribution in [-0.2, 0) is 6.61 Å². The van der Waals surface area contributed by atoms with Gasteiger partial charge in [-0.25, -0.2) is 4.98 Å². The molecule has 0 bridgehead atoms. The molecular formula is C14H12N4O2. The van der Waals surface area contributed by atoms with Crippen molar-refractivity contribution >= 4 is 22.6 Å². The molecule has 6 heteroatoms. The first-order valence-corrected chi connectivity index (χ1v) is 6.06. The number of amides is 1. The molecule has 1 amide bonds. The summed E-state index contributed by atoms with van der Waals surface area (Å²) in [7, 11) is 0. The zero-order chi connectivity index (χ0) is 13.9. The summed E-state index contributed by atoms with van der Waals surface area (Å²) in [5.41, 5.74) is 3.28. The van der Waals surface area contributed by atoms with Crippen molar-refractivity contribution in [2.75, 3.05) is 5.32 Å². The molecule has 3 N–H and O–H groups in total. The van der Waals surface area contributed by atoms with Crippen LogP contribution in [0, 0.1) is 0 Å². The van der Waals surface area contributed by atoms with Gasteiger partial charge in [-0.3, -0.25) is 9.78 Å². The van der Waals surface area contributed by atoms with Crippen LogP contribution in [0.1, 0.15) is 16.1 Å². The lowest BCUT2D eigenvalue weighted by Gasteiger charge is -2.06. The molecule has 100 valence electrons. The molecule has 0 unspecified atom stereocenters. The molecule has 0 atom stereocenters. The molecule has 0 saturated carbocycles. The summed E-state index contributed by atoms with van der Waals surface area (Å²) in [5.74, 6) is -0.249. The lowest BCUT2D eigenvalue weighted by molar-refractivity contribution is 0.102. The summed E-state index contributed by atoms with van der Waals surface area (Å²) in [5, 5.41) is 11.8. The van der Waals surface area contributed by atoms with Gasteiger partial charge in [0.05, 0.1) is 29.7 Å². The van der Waals surface area contributed by atoms with Crippen LogP contribution in [0.2, 0.25) is 0 Å². The maximum Gasteiger partial charge on any atom is 0.255 e. The molecule has 1 aromatic carbocycles. The Morgan fingerprint density at radius 1 is 1.25 bits per heavy atom. The van der Waals surface area contributed by atoms with Crippen molar-refractivity contribution in [3.63, 3.8) is 0 Å². The van der Waals surface area contributed by atoms with E-state index in [2.05, 4.69) is 20.3 Å². The van der Waals surface area contributed by atoms with E-state index in [1.165, 1.54) is 6.20 Å². The molecular weight excluding hydrogens is 256 g/mol. The van der Waals surface area contributed by atoms with Gasteiger partial charge in [0.25, 0.3) is 5.91 Å². The van der Waals surface area contributed by atoms with E-state index < -0.39 is 0 Å². The molecule has 0 aliphatic rings. The second-order valence-corrected chi connectivity index (χ2v) is 4.28. The quantitative estimate of drug-likeness (QED) is 0.674. The van der Waals surface area contributed by atoms with Crippen molar-refractivity contribution in [3.05, 3.63) is 54.1 Å². The van der Waals surface area contributed by atoms with Gasteiger partial charge >= 0.3 is 0 Å². The SMILES string of the molecule is O=C(Nc1ccc2nc[nH]c2c1)c1ccnc(CO)c1. The van der Waals surface area contributed by atoms with E-state index in [0.29, 0.717) is 16.9 Å². The fourth-order valence-electron chi connectivity index (χ4n) is 1.92. The van der Waals surface area contributed by atoms with Crippen molar-refractivity contribution in [2.45, 2.75) is 6.61 Å². The van der Waals surface area contributed by atoms with Crippen molar-refractivity contribution in [1.82, 2.24) is 15.0 Å². The number of H-pyrrole nitrogens is 1. The highest BCUT2D eigenvalue weighted by molar-refractivity contribution is 6.04. The van der Waals surface area contributed by atoms with Gasteiger partial charge in [-0.15, -0.1) is 0 Å². The van der Waals surface area contributed by atoms with Crippen molar-refractivity contribution in [2.24, 2.45) is 0 Å². The number of fused-ring (bicyclic) bond motifs is 1. The Kier molecular flexibility index (Phi) is 3.14. The Balaban J connectivity index is 1.83. The lowest BCUT2D eigenvalue weighted by atomic mass is 10.2. The molecule has 0 fully saturated rings. The number of hydrogen-bond donors (Lipinski definition) is 3. The number of hydrogen-bond acceptors (Lipinski definition) is 4. The zero-order valence-corrected chi connectivity index (χ0v) is 10.5. The van der Waals surface area contributed by atoms with Crippen molar-refractivity contribution in [1.29, 1.82) is 0 Å². The summed E-state index contributed by atoms with van der Waals surface area (Å²) in [6.45, 7) is -0.193. The van der Waals surface area contributed by atoms with E-state index >= 15 is 0 Å². The number of carbonyl (C=O) groups is 1. The molecule has 0 spiro atoms. The second kappa shape index (κ2) is 5.10. The Bertz CT molecular complexity index is 766. The maximum absolute atomic E-state index is 12.1. The van der Waals surface area contributed by atoms with E-state index in [1.54, 1.807) is 24.5 Å². The van der Waals surface area contributed by atoms with Gasteiger partial charge in [-0.2, -0.15) is 0 Å². The van der Waals surface area contributed by atoms with Gasteiger partial charge in [0.1, 0.15) is 0 Å². The molecule has 3 aromatic rings. The molecule has 3 rings (SSSR count). The van der Waals surface area contributed by atoms with Crippen LogP contribution in [0.15, 0.2) is 42.9 Å². The van der Waals surface area contributed by atoms with Gasteiger partial charge in [-0.1, -0.05) is 0 Å². The molecule has 0 saturated heterocycles. The van der Waals surface area contributed by atoms with Crippen molar-refractivity contribution in [3.8, 4) is 0 Å². The standard InChI is InChI=1S/C14H12N4O2/c19-7-11-5-9(3-4-15-11)14(20)18-10-1-2-12-13(6-10)17-8-16-12/h1-6,8,19H,7H2,(H,16,17)(H,18,20). The summed E-state index contributed by atoms with van der Waals surface area (Å²) in [4.78, 5) is 23.1. The summed E-state index contributed by atoms with van der Waals surface area (Å²) in [6.07, 6.45) is 3.10. The lowest BCUT2D eigenvalue weighted by Crippen LogP contribution is -2.12. The first-order chi connectivity index (χ1) is 9.76. The first kappa shape index (κ1) is 12.3. The van der Waals surface area contributed by atoms with E-state index in [1.807, 2.05) is 12.1 Å². The highest BCUT2D eigenvalue weighted by Gasteiger charge is 2.08. The van der Waals surface area contributed by atoms with Crippen LogP contribution in [0.5, 0.6) is 0 Å². The third-order valence-corrected chi connectivity index (χ3v) is 2.92. The topological polar surface area (TPSA) is 90.9 Å². The summed E-state index contributed by atoms with van der Waals surface area (Å²) < 4.78 is 0. The number of aromatic amines is 1. The smallest absolute Gasteiger partial charge is 0.255 e. The van der Waals surface area contributed by atoms with E-state index in [9.17, 15) is 4.79 Å². The Morgan fingerprint density at radius 2 is 2.15 bits per heavy atom. The minimum Gasteiger partial charge on any atom is -0.390 e. The first-order valence-electron chi connectivity index (χ1n) is 6.06. The molecule has 0 radical (unpaired) electrons. The monoisotopic (exact) mass is 268 g/mol. The Morgan fingerprint density at radius 3 is 3.00 bits per heavy atom. The van der Waals surface area contributed by atoms with Gasteiger partial charge < -0.3 is 15.4 Å². The van der Waals surface area contributed by atoms with Crippen LogP contribution < -0.4 is 5.32 Å². The highest BCUT2D eigenvalue weighted by Crippen LogP contribution is 2.16. The third-order valence-electron chi connectivity index (χ3n) is 2.92. The predicted molar refractivity (Wildman–Crippen MR) is 74.2 cm³/mol. The number of aliphatic hydroxyl groups excluding tert-OH is 1. The third kappa shape index (κ3) is 2.36. The number of benzene rings is 1. The zero-order valence-electron chi connectivity index (χ0n) is 10.5. The summed E-state index contributed by atoms with van der Waals surface area (Å²) in [6, 6.07) is 8.59. The molecule has 0 aliphatic carbocycles. The number of nitrogens with one attached hydrogen (secondary N) is 2. The number of nitrogens with zero attached hydrogens (tertiary/aromatic N) is 2. The molecule has 20 heavy (non-hydrogen) atoms. The van der Waals surface area contributed by atoms with Gasteiger partial charge in [0, 0.05) is 17.4 Å². The minimum absolute atomic E-state index is 0.193. The number of aromatic nitrogens is 3. The van der Waals surface area contributed by atoms with Crippen LogP contribution in [0.25, 0.3) is 11.0 Å².